The van der Waals surface area contributed by atoms with Crippen LogP contribution in [0.4, 0.5) is 4.79 Å². The highest BCUT2D eigenvalue weighted by molar-refractivity contribution is 6.23. The third-order valence-electron chi connectivity index (χ3n) is 6.33. The molecule has 3 aliphatic rings. The lowest BCUT2D eigenvalue weighted by atomic mass is 10.0. The third-order valence-corrected chi connectivity index (χ3v) is 6.33. The van der Waals surface area contributed by atoms with Gasteiger partial charge in [-0.05, 0) is 43.8 Å². The molecule has 7 heteroatoms. The molecule has 0 aliphatic carbocycles. The van der Waals surface area contributed by atoms with Crippen molar-refractivity contribution in [1.29, 1.82) is 0 Å². The van der Waals surface area contributed by atoms with Crippen molar-refractivity contribution in [3.8, 4) is 0 Å². The van der Waals surface area contributed by atoms with Crippen molar-refractivity contribution in [2.24, 2.45) is 4.99 Å². The van der Waals surface area contributed by atoms with Gasteiger partial charge in [-0.25, -0.2) is 9.37 Å². The molecule has 154 valence electrons. The van der Waals surface area contributed by atoms with Gasteiger partial charge >= 0.3 is 11.9 Å². The van der Waals surface area contributed by atoms with E-state index in [2.05, 4.69) is 41.5 Å². The second-order valence-electron chi connectivity index (χ2n) is 8.46. The topological polar surface area (TPSA) is 59.2 Å². The zero-order chi connectivity index (χ0) is 20.7. The van der Waals surface area contributed by atoms with Gasteiger partial charge in [-0.15, -0.1) is 0 Å². The Morgan fingerprint density at radius 3 is 2.69 bits per heavy atom. The first kappa shape index (κ1) is 19.8. The number of carbonyl (C=O) groups is 2. The van der Waals surface area contributed by atoms with Crippen LogP contribution in [-0.4, -0.2) is 82.2 Å². The van der Waals surface area contributed by atoms with Crippen LogP contribution in [-0.2, 0) is 11.3 Å². The highest BCUT2D eigenvalue weighted by atomic mass is 16.2. The number of urea groups is 1. The van der Waals surface area contributed by atoms with Gasteiger partial charge in [0.05, 0.1) is 0 Å². The van der Waals surface area contributed by atoms with Gasteiger partial charge in [-0.1, -0.05) is 36.2 Å². The maximum atomic E-state index is 13.1. The van der Waals surface area contributed by atoms with Crippen LogP contribution in [0.5, 0.6) is 0 Å². The number of amides is 3. The number of aryl methyl sites for hydroxylation is 1. The molecule has 2 atom stereocenters. The molecule has 3 aliphatic heterocycles. The lowest BCUT2D eigenvalue weighted by Gasteiger charge is -2.32. The summed E-state index contributed by atoms with van der Waals surface area (Å²) in [5, 5.41) is 0. The van der Waals surface area contributed by atoms with E-state index in [0.29, 0.717) is 25.0 Å². The molecule has 0 spiro atoms. The summed E-state index contributed by atoms with van der Waals surface area (Å²) in [5.41, 5.74) is 2.33. The van der Waals surface area contributed by atoms with Crippen molar-refractivity contribution >= 4 is 23.6 Å². The number of carbonyl (C=O) groups excluding carboxylic acids is 2. The summed E-state index contributed by atoms with van der Waals surface area (Å²) >= 11 is 0. The molecule has 0 bridgehead atoms. The van der Waals surface area contributed by atoms with Gasteiger partial charge in [0.25, 0.3) is 17.8 Å². The number of benzene rings is 1. The van der Waals surface area contributed by atoms with Crippen LogP contribution in [0.25, 0.3) is 0 Å². The standard InChI is InChI=1S/C22H30N5O2/c1-15-8-7-10-17(12-15)13-27-18(14-26-11-6-5-9-16(26)2)23-20-19(27)21(28)25(4)22(29)24(20)3/h7-8,10,12,16,19H,5-6,9,11,13-14H2,1-4H3/q+1. The summed E-state index contributed by atoms with van der Waals surface area (Å²) in [4.78, 5) is 35.5. The van der Waals surface area contributed by atoms with Crippen LogP contribution in [0.3, 0.4) is 0 Å². The Labute approximate surface area is 172 Å². The van der Waals surface area contributed by atoms with Gasteiger partial charge in [-0.3, -0.25) is 19.5 Å². The van der Waals surface area contributed by atoms with E-state index >= 15 is 0 Å². The van der Waals surface area contributed by atoms with E-state index in [1.807, 2.05) is 6.07 Å². The first-order chi connectivity index (χ1) is 13.9. The van der Waals surface area contributed by atoms with E-state index in [4.69, 9.17) is 4.99 Å². The Morgan fingerprint density at radius 2 is 1.97 bits per heavy atom. The Balaban J connectivity index is 1.72. The number of amidine groups is 2. The van der Waals surface area contributed by atoms with Crippen LogP contribution >= 0.6 is 0 Å². The lowest BCUT2D eigenvalue weighted by Crippen LogP contribution is -2.61. The number of piperidine rings is 1. The van der Waals surface area contributed by atoms with Crippen LogP contribution < -0.4 is 0 Å². The van der Waals surface area contributed by atoms with Crippen molar-refractivity contribution in [3.63, 3.8) is 0 Å². The van der Waals surface area contributed by atoms with E-state index in [9.17, 15) is 9.59 Å². The lowest BCUT2D eigenvalue weighted by molar-refractivity contribution is -0.552. The molecule has 3 amide bonds. The summed E-state index contributed by atoms with van der Waals surface area (Å²) in [7, 11) is 3.25. The van der Waals surface area contributed by atoms with E-state index in [-0.39, 0.29) is 11.9 Å². The molecule has 0 aromatic heterocycles. The summed E-state index contributed by atoms with van der Waals surface area (Å²) in [5.74, 6) is 1.22. The number of hydrogen-bond acceptors (Lipinski definition) is 4. The maximum Gasteiger partial charge on any atom is 0.333 e. The first-order valence-electron chi connectivity index (χ1n) is 10.4. The number of likely N-dealkylation sites (tertiary alicyclic amines) is 1. The van der Waals surface area contributed by atoms with Gasteiger partial charge in [0.1, 0.15) is 13.1 Å². The SMILES string of the molecule is Cc1cccc(C[N+]2=C(CN3CCCCC3C)N=C3C2C(=O)N(C)C(=O)N3C)c1. The number of likely N-dealkylation sites (N-methyl/N-ethyl adjacent to an activating group) is 2. The Kier molecular flexibility index (Phi) is 5.25. The highest BCUT2D eigenvalue weighted by Crippen LogP contribution is 2.23. The largest absolute Gasteiger partial charge is 0.333 e. The molecule has 2 unspecified atom stereocenters. The van der Waals surface area contributed by atoms with E-state index < -0.39 is 6.04 Å². The van der Waals surface area contributed by atoms with Gasteiger partial charge < -0.3 is 0 Å². The minimum absolute atomic E-state index is 0.207. The maximum absolute atomic E-state index is 13.1. The van der Waals surface area contributed by atoms with Crippen LogP contribution in [0.1, 0.15) is 37.3 Å². The smallest absolute Gasteiger partial charge is 0.289 e. The van der Waals surface area contributed by atoms with Crippen molar-refractivity contribution in [3.05, 3.63) is 35.4 Å². The van der Waals surface area contributed by atoms with Gasteiger partial charge in [0, 0.05) is 20.1 Å². The quantitative estimate of drug-likeness (QED) is 0.733. The zero-order valence-corrected chi connectivity index (χ0v) is 17.8. The Hall–Kier alpha value is -2.54. The van der Waals surface area contributed by atoms with Gasteiger partial charge in [0.15, 0.2) is 0 Å². The Bertz CT molecular complexity index is 906. The van der Waals surface area contributed by atoms with E-state index in [1.165, 1.54) is 34.6 Å². The molecule has 4 rings (SSSR count). The van der Waals surface area contributed by atoms with Crippen molar-refractivity contribution in [2.45, 2.75) is 51.7 Å². The molecule has 0 radical (unpaired) electrons. The number of aliphatic imine (C=N–C) groups is 1. The molecular formula is C22H30N5O2+. The first-order valence-corrected chi connectivity index (χ1v) is 10.4. The van der Waals surface area contributed by atoms with Crippen LogP contribution in [0.2, 0.25) is 0 Å². The van der Waals surface area contributed by atoms with Gasteiger partial charge in [-0.2, -0.15) is 0 Å². The van der Waals surface area contributed by atoms with Crippen LogP contribution in [0.15, 0.2) is 29.3 Å². The monoisotopic (exact) mass is 396 g/mol. The second-order valence-corrected chi connectivity index (χ2v) is 8.46. The second kappa shape index (κ2) is 7.71. The highest BCUT2D eigenvalue weighted by Gasteiger charge is 2.53. The average Bonchev–Trinajstić information content (AvgIpc) is 3.05. The minimum atomic E-state index is -0.543. The molecule has 0 N–H and O–H groups in total. The fourth-order valence-electron chi connectivity index (χ4n) is 4.54. The number of nitrogens with zero attached hydrogens (tertiary/aromatic N) is 5. The molecule has 1 aromatic rings. The predicted molar refractivity (Wildman–Crippen MR) is 112 cm³/mol. The van der Waals surface area contributed by atoms with Crippen molar-refractivity contribution in [2.75, 3.05) is 27.2 Å². The molecule has 0 saturated carbocycles. The fraction of sp³-hybridized carbons (Fsp3) is 0.545. The number of rotatable bonds is 4. The fourth-order valence-corrected chi connectivity index (χ4v) is 4.54. The number of fused-ring (bicyclic) bond motifs is 1. The molecule has 29 heavy (non-hydrogen) atoms. The minimum Gasteiger partial charge on any atom is -0.289 e. The molecule has 1 aromatic carbocycles. The van der Waals surface area contributed by atoms with E-state index in [1.54, 1.807) is 14.1 Å². The summed E-state index contributed by atoms with van der Waals surface area (Å²) in [6.07, 6.45) is 3.64. The number of hydrogen-bond donors (Lipinski definition) is 0. The molecule has 3 heterocycles. The third kappa shape index (κ3) is 3.59. The molecule has 7 nitrogen and oxygen atoms in total. The normalized spacial score (nSPS) is 25.6. The van der Waals surface area contributed by atoms with Gasteiger partial charge in [0.2, 0.25) is 0 Å². The molecule has 2 saturated heterocycles. The number of imide groups is 1. The van der Waals surface area contributed by atoms with Crippen molar-refractivity contribution in [1.82, 2.24) is 14.7 Å². The average molecular weight is 397 g/mol. The molecular weight excluding hydrogens is 366 g/mol. The summed E-state index contributed by atoms with van der Waals surface area (Å²) < 4.78 is 2.09. The molecule has 2 fully saturated rings. The predicted octanol–water partition coefficient (Wildman–Crippen LogP) is 2.08. The zero-order valence-electron chi connectivity index (χ0n) is 17.8. The van der Waals surface area contributed by atoms with Crippen LogP contribution in [0, 0.1) is 6.92 Å². The summed E-state index contributed by atoms with van der Waals surface area (Å²) in [6, 6.07) is 7.97. The van der Waals surface area contributed by atoms with E-state index in [0.717, 1.165) is 17.9 Å². The summed E-state index contributed by atoms with van der Waals surface area (Å²) in [6.45, 7) is 6.67. The Morgan fingerprint density at radius 1 is 1.17 bits per heavy atom. The van der Waals surface area contributed by atoms with Crippen molar-refractivity contribution < 1.29 is 14.2 Å².